The van der Waals surface area contributed by atoms with Gasteiger partial charge >= 0.3 is 0 Å². The van der Waals surface area contributed by atoms with Gasteiger partial charge in [0.05, 0.1) is 12.1 Å². The lowest BCUT2D eigenvalue weighted by Crippen LogP contribution is -2.44. The van der Waals surface area contributed by atoms with Gasteiger partial charge < -0.3 is 16.4 Å². The molecule has 3 nitrogen and oxygen atoms in total. The van der Waals surface area contributed by atoms with Gasteiger partial charge in [-0.05, 0) is 37.2 Å². The highest BCUT2D eigenvalue weighted by Gasteiger charge is 2.22. The lowest BCUT2D eigenvalue weighted by atomic mass is 9.94. The fourth-order valence-corrected chi connectivity index (χ4v) is 2.72. The first-order valence-electron chi connectivity index (χ1n) is 7.50. The molecule has 0 aliphatic heterocycles. The van der Waals surface area contributed by atoms with Crippen LogP contribution in [0.4, 0.5) is 0 Å². The minimum atomic E-state index is -0.185. The molecule has 2 atom stereocenters. The van der Waals surface area contributed by atoms with Crippen molar-refractivity contribution in [3.63, 3.8) is 0 Å². The van der Waals surface area contributed by atoms with E-state index in [-0.39, 0.29) is 18.1 Å². The van der Waals surface area contributed by atoms with Gasteiger partial charge in [0, 0.05) is 6.04 Å². The van der Waals surface area contributed by atoms with Gasteiger partial charge in [-0.3, -0.25) is 0 Å². The topological polar surface area (TPSA) is 50.1 Å². The van der Waals surface area contributed by atoms with Crippen LogP contribution in [0.5, 0.6) is 0 Å². The monoisotopic (exact) mass is 313 g/mol. The molecule has 0 radical (unpaired) electrons. The lowest BCUT2D eigenvalue weighted by Gasteiger charge is -2.28. The molecule has 2 aromatic carbocycles. The molecule has 4 heteroatoms. The van der Waals surface area contributed by atoms with E-state index in [1.165, 1.54) is 0 Å². The number of nitrogens with one attached hydrogen (secondary N) is 2. The van der Waals surface area contributed by atoms with Gasteiger partial charge in [-0.2, -0.15) is 0 Å². The Kier molecular flexibility index (Phi) is 5.92. The van der Waals surface area contributed by atoms with Crippen LogP contribution in [0.3, 0.4) is 0 Å². The van der Waals surface area contributed by atoms with Crippen molar-refractivity contribution >= 4 is 17.3 Å². The van der Waals surface area contributed by atoms with Crippen LogP contribution in [0, 0.1) is 0 Å². The molecule has 0 aliphatic carbocycles. The summed E-state index contributed by atoms with van der Waals surface area (Å²) in [5.74, 6) is 0. The van der Waals surface area contributed by atoms with E-state index in [2.05, 4.69) is 36.6 Å². The minimum absolute atomic E-state index is 0.0812. The van der Waals surface area contributed by atoms with Gasteiger partial charge in [-0.15, -0.1) is 0 Å². The van der Waals surface area contributed by atoms with E-state index in [9.17, 15) is 0 Å². The smallest absolute Gasteiger partial charge is 0.167 e. The van der Waals surface area contributed by atoms with Gasteiger partial charge in [-0.1, -0.05) is 60.7 Å². The van der Waals surface area contributed by atoms with Gasteiger partial charge in [0.15, 0.2) is 5.11 Å². The first-order valence-corrected chi connectivity index (χ1v) is 7.91. The molecular formula is C18H23N3S. The van der Waals surface area contributed by atoms with Crippen LogP contribution in [-0.4, -0.2) is 11.2 Å². The van der Waals surface area contributed by atoms with E-state index in [1.54, 1.807) is 0 Å². The average molecular weight is 313 g/mol. The van der Waals surface area contributed by atoms with Gasteiger partial charge in [-0.25, -0.2) is 0 Å². The van der Waals surface area contributed by atoms with Crippen molar-refractivity contribution in [3.8, 4) is 0 Å². The molecule has 4 N–H and O–H groups in total. The lowest BCUT2D eigenvalue weighted by molar-refractivity contribution is 0.517. The molecule has 0 fully saturated rings. The van der Waals surface area contributed by atoms with Crippen LogP contribution >= 0.6 is 12.2 Å². The first kappa shape index (κ1) is 16.5. The van der Waals surface area contributed by atoms with Crippen LogP contribution in [0.25, 0.3) is 0 Å². The highest BCUT2D eigenvalue weighted by molar-refractivity contribution is 7.80. The van der Waals surface area contributed by atoms with Crippen LogP contribution in [0.2, 0.25) is 0 Å². The number of hydrogen-bond acceptors (Lipinski definition) is 2. The Morgan fingerprint density at radius 1 is 0.864 bits per heavy atom. The van der Waals surface area contributed by atoms with E-state index in [4.69, 9.17) is 18.0 Å². The zero-order valence-electron chi connectivity index (χ0n) is 13.0. The maximum absolute atomic E-state index is 6.50. The summed E-state index contributed by atoms with van der Waals surface area (Å²) in [6.45, 7) is 4.12. The van der Waals surface area contributed by atoms with Crippen molar-refractivity contribution in [2.24, 2.45) is 5.73 Å². The van der Waals surface area contributed by atoms with Crippen molar-refractivity contribution in [1.29, 1.82) is 0 Å². The number of thiocarbonyl (C=S) groups is 1. The molecule has 2 rings (SSSR count). The molecule has 0 saturated carbocycles. The maximum Gasteiger partial charge on any atom is 0.167 e. The molecule has 22 heavy (non-hydrogen) atoms. The molecule has 2 unspecified atom stereocenters. The van der Waals surface area contributed by atoms with E-state index >= 15 is 0 Å². The summed E-state index contributed by atoms with van der Waals surface area (Å²) in [7, 11) is 0. The molecule has 2 aromatic rings. The van der Waals surface area contributed by atoms with Crippen molar-refractivity contribution in [2.45, 2.75) is 32.0 Å². The molecule has 0 saturated heterocycles. The number of benzene rings is 2. The van der Waals surface area contributed by atoms with E-state index in [0.717, 1.165) is 11.1 Å². The molecule has 0 aromatic heterocycles. The molecule has 0 amide bonds. The fraction of sp³-hybridized carbons (Fsp3) is 0.278. The van der Waals surface area contributed by atoms with Gasteiger partial charge in [0.25, 0.3) is 0 Å². The Balaban J connectivity index is 2.24. The Labute approximate surface area is 137 Å². The molecule has 0 bridgehead atoms. The van der Waals surface area contributed by atoms with Crippen molar-refractivity contribution < 1.29 is 0 Å². The highest BCUT2D eigenvalue weighted by Crippen LogP contribution is 2.26. The first-order chi connectivity index (χ1) is 10.6. The van der Waals surface area contributed by atoms with Crippen molar-refractivity contribution in [2.75, 3.05) is 0 Å². The summed E-state index contributed by atoms with van der Waals surface area (Å²) >= 11 is 5.40. The molecule has 116 valence electrons. The maximum atomic E-state index is 6.50. The predicted molar refractivity (Wildman–Crippen MR) is 96.6 cm³/mol. The van der Waals surface area contributed by atoms with Crippen LogP contribution < -0.4 is 16.4 Å². The zero-order valence-corrected chi connectivity index (χ0v) is 13.8. The van der Waals surface area contributed by atoms with Crippen molar-refractivity contribution in [1.82, 2.24) is 10.6 Å². The molecule has 0 spiro atoms. The zero-order chi connectivity index (χ0) is 15.9. The fourth-order valence-electron chi connectivity index (χ4n) is 2.35. The summed E-state index contributed by atoms with van der Waals surface area (Å²) in [5.41, 5.74) is 8.70. The van der Waals surface area contributed by atoms with Crippen LogP contribution in [0.15, 0.2) is 60.7 Å². The molecule has 0 aliphatic rings. The Morgan fingerprint density at radius 2 is 1.36 bits per heavy atom. The second-order valence-electron chi connectivity index (χ2n) is 5.60. The van der Waals surface area contributed by atoms with Gasteiger partial charge in [0.1, 0.15) is 0 Å². The number of hydrogen-bond donors (Lipinski definition) is 3. The van der Waals surface area contributed by atoms with Crippen LogP contribution in [0.1, 0.15) is 37.1 Å². The summed E-state index contributed by atoms with van der Waals surface area (Å²) in [5, 5.41) is 7.19. The standard InChI is InChI=1S/C18H23N3S/c1-13(2)20-18(22)21-17(15-11-7-4-8-12-15)16(19)14-9-5-3-6-10-14/h3-13,16-17H,19H2,1-2H3,(H2,20,21,22). The van der Waals surface area contributed by atoms with Crippen molar-refractivity contribution in [3.05, 3.63) is 71.8 Å². The molecule has 0 heterocycles. The predicted octanol–water partition coefficient (Wildman–Crippen LogP) is 3.30. The summed E-state index contributed by atoms with van der Waals surface area (Å²) in [6, 6.07) is 20.3. The largest absolute Gasteiger partial charge is 0.361 e. The Hall–Kier alpha value is -1.91. The summed E-state index contributed by atoms with van der Waals surface area (Å²) in [4.78, 5) is 0. The third-order valence-corrected chi connectivity index (χ3v) is 3.64. The van der Waals surface area contributed by atoms with E-state index < -0.39 is 0 Å². The summed E-state index contributed by atoms with van der Waals surface area (Å²) in [6.07, 6.45) is 0. The van der Waals surface area contributed by atoms with Gasteiger partial charge in [0.2, 0.25) is 0 Å². The normalized spacial score (nSPS) is 13.5. The second kappa shape index (κ2) is 7.92. The average Bonchev–Trinajstić information content (AvgIpc) is 2.53. The summed E-state index contributed by atoms with van der Waals surface area (Å²) < 4.78 is 0. The van der Waals surface area contributed by atoms with E-state index in [1.807, 2.05) is 48.5 Å². The SMILES string of the molecule is CC(C)NC(=S)NC(c1ccccc1)C(N)c1ccccc1. The number of rotatable bonds is 5. The second-order valence-corrected chi connectivity index (χ2v) is 6.01. The quantitative estimate of drug-likeness (QED) is 0.741. The van der Waals surface area contributed by atoms with Crippen LogP contribution in [-0.2, 0) is 0 Å². The Morgan fingerprint density at radius 3 is 1.86 bits per heavy atom. The molecular weight excluding hydrogens is 290 g/mol. The minimum Gasteiger partial charge on any atom is -0.361 e. The highest BCUT2D eigenvalue weighted by atomic mass is 32.1. The Bertz CT molecular complexity index is 584. The third-order valence-electron chi connectivity index (χ3n) is 3.41. The third kappa shape index (κ3) is 4.55. The van der Waals surface area contributed by atoms with E-state index in [0.29, 0.717) is 5.11 Å². The number of nitrogens with two attached hydrogens (primary N) is 1.